The van der Waals surface area contributed by atoms with Gasteiger partial charge in [-0.1, -0.05) is 6.07 Å². The van der Waals surface area contributed by atoms with Gasteiger partial charge in [-0.25, -0.2) is 4.39 Å². The van der Waals surface area contributed by atoms with Crippen molar-refractivity contribution in [1.82, 2.24) is 4.90 Å². The van der Waals surface area contributed by atoms with Crippen molar-refractivity contribution >= 4 is 17.5 Å². The van der Waals surface area contributed by atoms with Crippen molar-refractivity contribution in [2.45, 2.75) is 31.7 Å². The number of amides is 1. The molecule has 1 heterocycles. The number of hydrogen-bond acceptors (Lipinski definition) is 2. The fourth-order valence-corrected chi connectivity index (χ4v) is 2.81. The molecule has 1 amide bonds. The summed E-state index contributed by atoms with van der Waals surface area (Å²) in [5.74, 6) is -0.955. The number of alkyl halides is 1. The molecule has 3 nitrogen and oxygen atoms in total. The van der Waals surface area contributed by atoms with Crippen LogP contribution in [0.25, 0.3) is 0 Å². The third-order valence-corrected chi connectivity index (χ3v) is 3.75. The number of aromatic hydroxyl groups is 1. The molecule has 1 fully saturated rings. The lowest BCUT2D eigenvalue weighted by Gasteiger charge is -2.35. The van der Waals surface area contributed by atoms with Crippen LogP contribution in [-0.2, 0) is 0 Å². The molecular formula is C14H17ClFNO2. The third-order valence-electron chi connectivity index (χ3n) is 3.54. The van der Waals surface area contributed by atoms with Gasteiger partial charge in [-0.2, -0.15) is 0 Å². The lowest BCUT2D eigenvalue weighted by Crippen LogP contribution is -2.44. The van der Waals surface area contributed by atoms with Crippen molar-refractivity contribution in [1.29, 1.82) is 0 Å². The summed E-state index contributed by atoms with van der Waals surface area (Å²) in [7, 11) is 0. The Morgan fingerprint density at radius 3 is 2.95 bits per heavy atom. The Hall–Kier alpha value is -1.29. The molecule has 0 radical (unpaired) electrons. The zero-order chi connectivity index (χ0) is 13.8. The van der Waals surface area contributed by atoms with Crippen molar-refractivity contribution in [2.24, 2.45) is 0 Å². The van der Waals surface area contributed by atoms with Gasteiger partial charge in [0.25, 0.3) is 5.91 Å². The van der Waals surface area contributed by atoms with Gasteiger partial charge in [0.15, 0.2) is 0 Å². The molecule has 2 rings (SSSR count). The van der Waals surface area contributed by atoms with Gasteiger partial charge >= 0.3 is 0 Å². The first-order valence-electron chi connectivity index (χ1n) is 6.49. The number of nitrogens with zero attached hydrogens (tertiary/aromatic N) is 1. The average Bonchev–Trinajstić information content (AvgIpc) is 2.39. The Balaban J connectivity index is 2.26. The molecule has 1 aromatic carbocycles. The average molecular weight is 286 g/mol. The monoisotopic (exact) mass is 285 g/mol. The molecule has 0 aromatic heterocycles. The van der Waals surface area contributed by atoms with Crippen LogP contribution in [0.2, 0.25) is 0 Å². The molecule has 5 heteroatoms. The Morgan fingerprint density at radius 1 is 1.47 bits per heavy atom. The maximum atomic E-state index is 13.7. The normalized spacial score (nSPS) is 19.5. The van der Waals surface area contributed by atoms with Gasteiger partial charge in [0.1, 0.15) is 17.1 Å². The Labute approximate surface area is 117 Å². The molecule has 1 atom stereocenters. The number of benzene rings is 1. The van der Waals surface area contributed by atoms with E-state index in [2.05, 4.69) is 0 Å². The van der Waals surface area contributed by atoms with E-state index in [-0.39, 0.29) is 17.4 Å². The highest BCUT2D eigenvalue weighted by molar-refractivity contribution is 6.17. The summed E-state index contributed by atoms with van der Waals surface area (Å²) >= 11 is 5.75. The number of piperidine rings is 1. The molecule has 0 bridgehead atoms. The van der Waals surface area contributed by atoms with Crippen LogP contribution < -0.4 is 0 Å². The number of phenols is 1. The summed E-state index contributed by atoms with van der Waals surface area (Å²) in [6.07, 6.45) is 3.53. The standard InChI is InChI=1S/C14H17ClFNO2/c15-8-7-10-4-1-2-9-17(10)14(19)13-11(16)5-3-6-12(13)18/h3,5-6,10,18H,1-2,4,7-9H2. The van der Waals surface area contributed by atoms with Crippen LogP contribution >= 0.6 is 11.6 Å². The summed E-state index contributed by atoms with van der Waals surface area (Å²) in [4.78, 5) is 14.1. The van der Waals surface area contributed by atoms with Crippen LogP contribution in [0.4, 0.5) is 4.39 Å². The van der Waals surface area contributed by atoms with E-state index in [1.165, 1.54) is 18.2 Å². The minimum atomic E-state index is -0.680. The van der Waals surface area contributed by atoms with Gasteiger partial charge in [-0.15, -0.1) is 11.6 Å². The second-order valence-corrected chi connectivity index (χ2v) is 5.14. The van der Waals surface area contributed by atoms with Crippen LogP contribution in [0.5, 0.6) is 5.75 Å². The second-order valence-electron chi connectivity index (χ2n) is 4.76. The minimum Gasteiger partial charge on any atom is -0.507 e. The highest BCUT2D eigenvalue weighted by Gasteiger charge is 2.30. The van der Waals surface area contributed by atoms with Gasteiger partial charge in [0.2, 0.25) is 0 Å². The maximum absolute atomic E-state index is 13.7. The van der Waals surface area contributed by atoms with Crippen molar-refractivity contribution in [2.75, 3.05) is 12.4 Å². The summed E-state index contributed by atoms with van der Waals surface area (Å²) in [6.45, 7) is 0.591. The second kappa shape index (κ2) is 6.24. The van der Waals surface area contributed by atoms with E-state index in [0.717, 1.165) is 19.3 Å². The smallest absolute Gasteiger partial charge is 0.260 e. The summed E-state index contributed by atoms with van der Waals surface area (Å²) < 4.78 is 13.7. The SMILES string of the molecule is O=C(c1c(O)cccc1F)N1CCCCC1CCCl. The van der Waals surface area contributed by atoms with Crippen molar-refractivity contribution in [3.63, 3.8) is 0 Å². The lowest BCUT2D eigenvalue weighted by molar-refractivity contribution is 0.0601. The van der Waals surface area contributed by atoms with E-state index in [1.54, 1.807) is 4.90 Å². The Kier molecular flexibility index (Phi) is 4.64. The number of carbonyl (C=O) groups is 1. The number of rotatable bonds is 3. The maximum Gasteiger partial charge on any atom is 0.260 e. The van der Waals surface area contributed by atoms with Crippen molar-refractivity contribution in [3.05, 3.63) is 29.6 Å². The first-order valence-corrected chi connectivity index (χ1v) is 7.03. The molecule has 1 unspecified atom stereocenters. The quantitative estimate of drug-likeness (QED) is 0.867. The minimum absolute atomic E-state index is 0.0396. The summed E-state index contributed by atoms with van der Waals surface area (Å²) in [5, 5.41) is 9.70. The third kappa shape index (κ3) is 3.00. The number of phenolic OH excluding ortho intramolecular Hbond substituents is 1. The number of carbonyl (C=O) groups excluding carboxylic acids is 1. The fraction of sp³-hybridized carbons (Fsp3) is 0.500. The number of hydrogen-bond donors (Lipinski definition) is 1. The van der Waals surface area contributed by atoms with Crippen LogP contribution in [0.3, 0.4) is 0 Å². The fourth-order valence-electron chi connectivity index (χ4n) is 2.56. The summed E-state index contributed by atoms with van der Waals surface area (Å²) in [5.41, 5.74) is -0.232. The van der Waals surface area contributed by atoms with Crippen LogP contribution in [0.15, 0.2) is 18.2 Å². The van der Waals surface area contributed by atoms with E-state index in [0.29, 0.717) is 18.8 Å². The molecule has 1 aliphatic heterocycles. The highest BCUT2D eigenvalue weighted by atomic mass is 35.5. The van der Waals surface area contributed by atoms with Gasteiger partial charge in [-0.3, -0.25) is 4.79 Å². The van der Waals surface area contributed by atoms with Crippen LogP contribution in [-0.4, -0.2) is 34.4 Å². The Bertz CT molecular complexity index is 445. The predicted molar refractivity (Wildman–Crippen MR) is 72.1 cm³/mol. The van der Waals surface area contributed by atoms with E-state index in [4.69, 9.17) is 11.6 Å². The molecule has 19 heavy (non-hydrogen) atoms. The van der Waals surface area contributed by atoms with Gasteiger partial charge < -0.3 is 10.0 Å². The molecule has 1 N–H and O–H groups in total. The molecule has 1 aromatic rings. The van der Waals surface area contributed by atoms with Crippen molar-refractivity contribution < 1.29 is 14.3 Å². The molecular weight excluding hydrogens is 269 g/mol. The van der Waals surface area contributed by atoms with Gasteiger partial charge in [0, 0.05) is 18.5 Å². The van der Waals surface area contributed by atoms with E-state index in [9.17, 15) is 14.3 Å². The number of halogens is 2. The predicted octanol–water partition coefficient (Wildman–Crippen LogP) is 3.15. The highest BCUT2D eigenvalue weighted by Crippen LogP contribution is 2.27. The molecule has 104 valence electrons. The molecule has 0 spiro atoms. The Morgan fingerprint density at radius 2 is 2.26 bits per heavy atom. The zero-order valence-electron chi connectivity index (χ0n) is 10.6. The van der Waals surface area contributed by atoms with Gasteiger partial charge in [-0.05, 0) is 37.8 Å². The first-order chi connectivity index (χ1) is 9.15. The summed E-state index contributed by atoms with van der Waals surface area (Å²) in [6, 6.07) is 3.94. The zero-order valence-corrected chi connectivity index (χ0v) is 11.4. The molecule has 1 saturated heterocycles. The van der Waals surface area contributed by atoms with Crippen molar-refractivity contribution in [3.8, 4) is 5.75 Å². The lowest BCUT2D eigenvalue weighted by atomic mass is 9.98. The molecule has 0 saturated carbocycles. The molecule has 1 aliphatic rings. The van der Waals surface area contributed by atoms with E-state index in [1.807, 2.05) is 0 Å². The molecule has 0 aliphatic carbocycles. The van der Waals surface area contributed by atoms with E-state index < -0.39 is 11.7 Å². The van der Waals surface area contributed by atoms with Crippen LogP contribution in [0, 0.1) is 5.82 Å². The first kappa shape index (κ1) is 14.1. The van der Waals surface area contributed by atoms with Gasteiger partial charge in [0.05, 0.1) is 0 Å². The number of likely N-dealkylation sites (tertiary alicyclic amines) is 1. The van der Waals surface area contributed by atoms with Crippen LogP contribution in [0.1, 0.15) is 36.0 Å². The largest absolute Gasteiger partial charge is 0.507 e. The van der Waals surface area contributed by atoms with E-state index >= 15 is 0 Å². The topological polar surface area (TPSA) is 40.5 Å².